The summed E-state index contributed by atoms with van der Waals surface area (Å²) in [5, 5.41) is 4.01. The molecule has 1 aromatic carbocycles. The molecule has 2 N–H and O–H groups in total. The van der Waals surface area contributed by atoms with E-state index >= 15 is 0 Å². The Hall–Kier alpha value is -1.63. The van der Waals surface area contributed by atoms with E-state index in [1.165, 1.54) is 35.8 Å². The monoisotopic (exact) mass is 436 g/mol. The van der Waals surface area contributed by atoms with Crippen LogP contribution in [0.5, 0.6) is 5.75 Å². The third-order valence-corrected chi connectivity index (χ3v) is 6.23. The van der Waals surface area contributed by atoms with E-state index < -0.39 is 18.3 Å². The Morgan fingerprint density at radius 1 is 1.36 bits per heavy atom. The summed E-state index contributed by atoms with van der Waals surface area (Å²) in [5.41, 5.74) is 8.11. The van der Waals surface area contributed by atoms with E-state index in [0.717, 1.165) is 5.56 Å². The van der Waals surface area contributed by atoms with Crippen molar-refractivity contribution in [2.45, 2.75) is 23.5 Å². The highest BCUT2D eigenvalue weighted by Gasteiger charge is 2.39. The van der Waals surface area contributed by atoms with Crippen molar-refractivity contribution in [1.29, 1.82) is 0 Å². The lowest BCUT2D eigenvalue weighted by molar-refractivity contribution is -0.274. The van der Waals surface area contributed by atoms with Gasteiger partial charge in [-0.2, -0.15) is 5.10 Å². The zero-order valence-corrected chi connectivity index (χ0v) is 16.3. The maximum atomic E-state index is 12.2. The van der Waals surface area contributed by atoms with Gasteiger partial charge in [0.15, 0.2) is 0 Å². The third-order valence-electron chi connectivity index (χ3n) is 4.10. The van der Waals surface area contributed by atoms with Gasteiger partial charge in [0.1, 0.15) is 17.2 Å². The Bertz CT molecular complexity index is 699. The number of primary amides is 1. The molecule has 0 spiro atoms. The van der Waals surface area contributed by atoms with Gasteiger partial charge in [-0.25, -0.2) is 4.41 Å². The standard InChI is InChI=1S/C16H19F3N4O3S2/c17-16(18,19)26-12-3-1-11(2-4-12)9-28-23-15(27-10-21-23)13(14(20)24)22-5-7-25-8-6-22/h1-4,10,13,15H,5-9H2,(H2,20,24). The van der Waals surface area contributed by atoms with Crippen LogP contribution in [0.1, 0.15) is 5.56 Å². The molecule has 1 fully saturated rings. The van der Waals surface area contributed by atoms with Gasteiger partial charge in [-0.3, -0.25) is 9.69 Å². The van der Waals surface area contributed by atoms with E-state index in [2.05, 4.69) is 9.84 Å². The lowest BCUT2D eigenvalue weighted by atomic mass is 10.2. The first kappa shape index (κ1) is 21.1. The second kappa shape index (κ2) is 9.25. The number of nitrogens with zero attached hydrogens (tertiary/aromatic N) is 3. The molecule has 12 heteroatoms. The molecule has 0 saturated carbocycles. The highest BCUT2D eigenvalue weighted by Crippen LogP contribution is 2.34. The summed E-state index contributed by atoms with van der Waals surface area (Å²) >= 11 is 2.77. The van der Waals surface area contributed by atoms with Crippen LogP contribution in [0.4, 0.5) is 13.2 Å². The first-order valence-corrected chi connectivity index (χ1v) is 10.3. The number of benzene rings is 1. The molecule has 154 valence electrons. The average Bonchev–Trinajstić information content (AvgIpc) is 3.09. The Labute approximate surface area is 168 Å². The molecular formula is C16H19F3N4O3S2. The Morgan fingerprint density at radius 2 is 2.04 bits per heavy atom. The largest absolute Gasteiger partial charge is 0.573 e. The van der Waals surface area contributed by atoms with Crippen molar-refractivity contribution in [2.75, 3.05) is 26.3 Å². The number of hydrogen-bond acceptors (Lipinski definition) is 8. The van der Waals surface area contributed by atoms with Crippen LogP contribution in [-0.2, 0) is 15.3 Å². The molecule has 2 atom stereocenters. The highest BCUT2D eigenvalue weighted by atomic mass is 32.2. The minimum atomic E-state index is -4.71. The SMILES string of the molecule is NC(=O)C(C1SC=NN1SCc1ccc(OC(F)(F)F)cc1)N1CCOCC1. The van der Waals surface area contributed by atoms with E-state index in [4.69, 9.17) is 10.5 Å². The number of halogens is 3. The van der Waals surface area contributed by atoms with Crippen molar-refractivity contribution in [3.8, 4) is 5.75 Å². The molecule has 1 amide bonds. The zero-order valence-electron chi connectivity index (χ0n) is 14.7. The normalized spacial score (nSPS) is 21.7. The summed E-state index contributed by atoms with van der Waals surface area (Å²) in [6.07, 6.45) is -4.71. The summed E-state index contributed by atoms with van der Waals surface area (Å²) in [6.45, 7) is 2.32. The van der Waals surface area contributed by atoms with Crippen molar-refractivity contribution in [2.24, 2.45) is 10.8 Å². The molecule has 7 nitrogen and oxygen atoms in total. The number of rotatable bonds is 7. The van der Waals surface area contributed by atoms with Gasteiger partial charge in [0.25, 0.3) is 0 Å². The van der Waals surface area contributed by atoms with E-state index in [1.54, 1.807) is 22.1 Å². The molecule has 0 bridgehead atoms. The van der Waals surface area contributed by atoms with Gasteiger partial charge in [0.2, 0.25) is 5.91 Å². The summed E-state index contributed by atoms with van der Waals surface area (Å²) < 4.78 is 47.6. The Kier molecular flexibility index (Phi) is 6.96. The molecule has 0 radical (unpaired) electrons. The van der Waals surface area contributed by atoms with Crippen LogP contribution in [0, 0.1) is 0 Å². The van der Waals surface area contributed by atoms with Crippen LogP contribution in [0.3, 0.4) is 0 Å². The molecule has 1 aromatic rings. The van der Waals surface area contributed by atoms with Gasteiger partial charge in [-0.15, -0.1) is 13.2 Å². The van der Waals surface area contributed by atoms with Gasteiger partial charge >= 0.3 is 6.36 Å². The molecular weight excluding hydrogens is 417 g/mol. The van der Waals surface area contributed by atoms with Crippen LogP contribution in [0.2, 0.25) is 0 Å². The summed E-state index contributed by atoms with van der Waals surface area (Å²) in [5.74, 6) is -0.228. The maximum absolute atomic E-state index is 12.2. The van der Waals surface area contributed by atoms with Crippen molar-refractivity contribution in [3.63, 3.8) is 0 Å². The lowest BCUT2D eigenvalue weighted by Crippen LogP contribution is -2.56. The van der Waals surface area contributed by atoms with E-state index in [0.29, 0.717) is 32.1 Å². The first-order chi connectivity index (χ1) is 13.3. The summed E-state index contributed by atoms with van der Waals surface area (Å²) in [4.78, 5) is 14.1. The molecule has 2 aliphatic heterocycles. The van der Waals surface area contributed by atoms with Gasteiger partial charge in [-0.1, -0.05) is 23.9 Å². The first-order valence-electron chi connectivity index (χ1n) is 8.39. The quantitative estimate of drug-likeness (QED) is 0.657. The molecule has 2 unspecified atom stereocenters. The lowest BCUT2D eigenvalue weighted by Gasteiger charge is -2.37. The number of ether oxygens (including phenoxy) is 2. The van der Waals surface area contributed by atoms with Crippen molar-refractivity contribution in [3.05, 3.63) is 29.8 Å². The van der Waals surface area contributed by atoms with E-state index in [9.17, 15) is 18.0 Å². The van der Waals surface area contributed by atoms with E-state index in [-0.39, 0.29) is 11.1 Å². The number of nitrogens with two attached hydrogens (primary N) is 1. The number of hydrogen-bond donors (Lipinski definition) is 1. The van der Waals surface area contributed by atoms with Crippen molar-refractivity contribution in [1.82, 2.24) is 9.31 Å². The number of thioether (sulfide) groups is 1. The molecule has 2 aliphatic rings. The van der Waals surface area contributed by atoms with Crippen LogP contribution >= 0.6 is 23.7 Å². The maximum Gasteiger partial charge on any atom is 0.573 e. The molecule has 3 rings (SSSR count). The molecule has 0 aliphatic carbocycles. The van der Waals surface area contributed by atoms with Crippen LogP contribution < -0.4 is 10.5 Å². The zero-order chi connectivity index (χ0) is 20.1. The Morgan fingerprint density at radius 3 is 2.64 bits per heavy atom. The Balaban J connectivity index is 1.59. The van der Waals surface area contributed by atoms with Gasteiger partial charge in [0.05, 0.1) is 18.8 Å². The fourth-order valence-electron chi connectivity index (χ4n) is 2.84. The fourth-order valence-corrected chi connectivity index (χ4v) is 4.98. The molecule has 2 heterocycles. The third kappa shape index (κ3) is 5.69. The van der Waals surface area contributed by atoms with Gasteiger partial charge in [0, 0.05) is 18.8 Å². The second-order valence-corrected chi connectivity index (χ2v) is 7.90. The van der Waals surface area contributed by atoms with Crippen molar-refractivity contribution >= 4 is 35.2 Å². The van der Waals surface area contributed by atoms with Crippen LogP contribution in [-0.4, -0.2) is 64.8 Å². The molecule has 0 aromatic heterocycles. The summed E-state index contributed by atoms with van der Waals surface area (Å²) in [7, 11) is 0. The molecule has 28 heavy (non-hydrogen) atoms. The fraction of sp³-hybridized carbons (Fsp3) is 0.500. The summed E-state index contributed by atoms with van der Waals surface area (Å²) in [6, 6.07) is 5.13. The number of carbonyl (C=O) groups is 1. The van der Waals surface area contributed by atoms with Crippen molar-refractivity contribution < 1.29 is 27.4 Å². The average molecular weight is 436 g/mol. The number of hydrazone groups is 1. The highest BCUT2D eigenvalue weighted by molar-refractivity contribution is 8.13. The number of morpholine rings is 1. The van der Waals surface area contributed by atoms with Gasteiger partial charge < -0.3 is 15.2 Å². The molecule has 1 saturated heterocycles. The van der Waals surface area contributed by atoms with Crippen LogP contribution in [0.15, 0.2) is 29.4 Å². The number of amides is 1. The number of alkyl halides is 3. The minimum absolute atomic E-state index is 0.269. The predicted molar refractivity (Wildman–Crippen MR) is 102 cm³/mol. The number of carbonyl (C=O) groups excluding carboxylic acids is 1. The smallest absolute Gasteiger partial charge is 0.406 e. The second-order valence-electron chi connectivity index (χ2n) is 6.01. The predicted octanol–water partition coefficient (Wildman–Crippen LogP) is 2.24. The van der Waals surface area contributed by atoms with E-state index in [1.807, 2.05) is 4.90 Å². The van der Waals surface area contributed by atoms with Crippen LogP contribution in [0.25, 0.3) is 0 Å². The van der Waals surface area contributed by atoms with Gasteiger partial charge in [-0.05, 0) is 29.6 Å². The minimum Gasteiger partial charge on any atom is -0.406 e. The topological polar surface area (TPSA) is 80.4 Å².